The zero-order chi connectivity index (χ0) is 10.5. The van der Waals surface area contributed by atoms with Crippen LogP contribution >= 0.6 is 11.8 Å². The first-order chi connectivity index (χ1) is 7.34. The highest BCUT2D eigenvalue weighted by Crippen LogP contribution is 2.20. The number of rotatable bonds is 3. The van der Waals surface area contributed by atoms with E-state index in [9.17, 15) is 0 Å². The van der Waals surface area contributed by atoms with E-state index in [4.69, 9.17) is 5.73 Å². The molecule has 2 N–H and O–H groups in total. The van der Waals surface area contributed by atoms with Crippen molar-refractivity contribution in [3.05, 3.63) is 54.1 Å². The Hall–Kier alpha value is -1.48. The van der Waals surface area contributed by atoms with Crippen molar-refractivity contribution in [2.24, 2.45) is 0 Å². The summed E-state index contributed by atoms with van der Waals surface area (Å²) in [6.07, 6.45) is 0. The van der Waals surface area contributed by atoms with Gasteiger partial charge in [0.2, 0.25) is 0 Å². The molecule has 0 atom stereocenters. The summed E-state index contributed by atoms with van der Waals surface area (Å²) in [4.78, 5) is 4.23. The second-order valence-electron chi connectivity index (χ2n) is 3.17. The molecule has 76 valence electrons. The van der Waals surface area contributed by atoms with Crippen molar-refractivity contribution in [2.75, 3.05) is 5.73 Å². The van der Waals surface area contributed by atoms with Crippen LogP contribution in [0, 0.1) is 0 Å². The van der Waals surface area contributed by atoms with Crippen molar-refractivity contribution in [2.45, 2.75) is 10.8 Å². The maximum atomic E-state index is 5.60. The Morgan fingerprint density at radius 3 is 2.53 bits per heavy atom. The summed E-state index contributed by atoms with van der Waals surface area (Å²) in [5, 5.41) is 0.971. The fraction of sp³-hybridized carbons (Fsp3) is 0.0833. The van der Waals surface area contributed by atoms with Gasteiger partial charge in [-0.3, -0.25) is 0 Å². The number of pyridine rings is 1. The van der Waals surface area contributed by atoms with Crippen molar-refractivity contribution in [1.29, 1.82) is 0 Å². The molecular formula is C12H12N2S. The third kappa shape index (κ3) is 2.99. The summed E-state index contributed by atoms with van der Waals surface area (Å²) in [5.74, 6) is 1.50. The van der Waals surface area contributed by atoms with Gasteiger partial charge in [0.1, 0.15) is 5.82 Å². The van der Waals surface area contributed by atoms with Gasteiger partial charge in [-0.1, -0.05) is 36.4 Å². The van der Waals surface area contributed by atoms with E-state index in [2.05, 4.69) is 17.1 Å². The predicted octanol–water partition coefficient (Wildman–Crippen LogP) is 2.96. The highest BCUT2D eigenvalue weighted by atomic mass is 32.2. The summed E-state index contributed by atoms with van der Waals surface area (Å²) in [7, 11) is 0. The number of nitrogens with zero attached hydrogens (tertiary/aromatic N) is 1. The molecule has 1 aromatic heterocycles. The van der Waals surface area contributed by atoms with Crippen LogP contribution in [0.15, 0.2) is 53.6 Å². The van der Waals surface area contributed by atoms with E-state index in [0.29, 0.717) is 5.82 Å². The van der Waals surface area contributed by atoms with Gasteiger partial charge in [-0.2, -0.15) is 0 Å². The smallest absolute Gasteiger partial charge is 0.124 e. The fourth-order valence-corrected chi connectivity index (χ4v) is 2.09. The van der Waals surface area contributed by atoms with Crippen LogP contribution < -0.4 is 5.73 Å². The number of hydrogen-bond donors (Lipinski definition) is 1. The third-order valence-corrected chi connectivity index (χ3v) is 2.98. The molecule has 0 aliphatic carbocycles. The van der Waals surface area contributed by atoms with E-state index in [-0.39, 0.29) is 0 Å². The Bertz CT molecular complexity index is 429. The Labute approximate surface area is 93.5 Å². The lowest BCUT2D eigenvalue weighted by Crippen LogP contribution is -1.90. The molecule has 0 amide bonds. The average Bonchev–Trinajstić information content (AvgIpc) is 2.28. The molecule has 0 spiro atoms. The number of hydrogen-bond acceptors (Lipinski definition) is 3. The number of anilines is 1. The van der Waals surface area contributed by atoms with E-state index in [1.807, 2.05) is 30.3 Å². The molecule has 1 heterocycles. The van der Waals surface area contributed by atoms with Crippen LogP contribution in [0.5, 0.6) is 0 Å². The van der Waals surface area contributed by atoms with Crippen LogP contribution in [0.2, 0.25) is 0 Å². The minimum Gasteiger partial charge on any atom is -0.384 e. The summed E-state index contributed by atoms with van der Waals surface area (Å²) < 4.78 is 0. The van der Waals surface area contributed by atoms with Crippen molar-refractivity contribution in [3.63, 3.8) is 0 Å². The largest absolute Gasteiger partial charge is 0.384 e. The zero-order valence-electron chi connectivity index (χ0n) is 8.26. The Balaban J connectivity index is 1.99. The van der Waals surface area contributed by atoms with Gasteiger partial charge < -0.3 is 5.73 Å². The first-order valence-electron chi connectivity index (χ1n) is 4.74. The van der Waals surface area contributed by atoms with Crippen LogP contribution in [-0.4, -0.2) is 4.98 Å². The molecule has 0 aliphatic heterocycles. The maximum absolute atomic E-state index is 5.60. The van der Waals surface area contributed by atoms with Crippen molar-refractivity contribution in [3.8, 4) is 0 Å². The maximum Gasteiger partial charge on any atom is 0.124 e. The highest BCUT2D eigenvalue weighted by Gasteiger charge is 1.97. The van der Waals surface area contributed by atoms with Crippen LogP contribution in [0.1, 0.15) is 5.56 Å². The van der Waals surface area contributed by atoms with E-state index in [0.717, 1.165) is 10.8 Å². The average molecular weight is 216 g/mol. The second kappa shape index (κ2) is 4.84. The SMILES string of the molecule is Nc1cccc(SCc2ccccc2)n1. The summed E-state index contributed by atoms with van der Waals surface area (Å²) in [6, 6.07) is 16.0. The molecule has 3 heteroatoms. The number of aromatic nitrogens is 1. The molecule has 0 bridgehead atoms. The highest BCUT2D eigenvalue weighted by molar-refractivity contribution is 7.98. The molecule has 0 saturated heterocycles. The molecule has 15 heavy (non-hydrogen) atoms. The van der Waals surface area contributed by atoms with E-state index >= 15 is 0 Å². The van der Waals surface area contributed by atoms with Crippen LogP contribution in [-0.2, 0) is 5.75 Å². The van der Waals surface area contributed by atoms with Gasteiger partial charge in [-0.05, 0) is 17.7 Å². The molecule has 2 nitrogen and oxygen atoms in total. The lowest BCUT2D eigenvalue weighted by atomic mass is 10.2. The predicted molar refractivity (Wildman–Crippen MR) is 64.7 cm³/mol. The molecular weight excluding hydrogens is 204 g/mol. The van der Waals surface area contributed by atoms with Crippen LogP contribution in [0.4, 0.5) is 5.82 Å². The molecule has 2 rings (SSSR count). The van der Waals surface area contributed by atoms with Gasteiger partial charge in [0.25, 0.3) is 0 Å². The minimum atomic E-state index is 0.577. The lowest BCUT2D eigenvalue weighted by Gasteiger charge is -2.01. The van der Waals surface area contributed by atoms with Gasteiger partial charge >= 0.3 is 0 Å². The van der Waals surface area contributed by atoms with Gasteiger partial charge in [-0.25, -0.2) is 4.98 Å². The van der Waals surface area contributed by atoms with Crippen LogP contribution in [0.25, 0.3) is 0 Å². The topological polar surface area (TPSA) is 38.9 Å². The summed E-state index contributed by atoms with van der Waals surface area (Å²) in [6.45, 7) is 0. The minimum absolute atomic E-state index is 0.577. The van der Waals surface area contributed by atoms with Crippen molar-refractivity contribution < 1.29 is 0 Å². The molecule has 0 saturated carbocycles. The Morgan fingerprint density at radius 1 is 1.00 bits per heavy atom. The molecule has 0 aliphatic rings. The standard InChI is InChI=1S/C12H12N2S/c13-11-7-4-8-12(14-11)15-9-10-5-2-1-3-6-10/h1-8H,9H2,(H2,13,14). The normalized spacial score (nSPS) is 10.1. The van der Waals surface area contributed by atoms with E-state index in [1.165, 1.54) is 5.56 Å². The van der Waals surface area contributed by atoms with Gasteiger partial charge in [0.05, 0.1) is 5.03 Å². The monoisotopic (exact) mass is 216 g/mol. The Morgan fingerprint density at radius 2 is 1.80 bits per heavy atom. The Kier molecular flexibility index (Phi) is 3.25. The van der Waals surface area contributed by atoms with Gasteiger partial charge in [0.15, 0.2) is 0 Å². The second-order valence-corrected chi connectivity index (χ2v) is 4.17. The third-order valence-electron chi connectivity index (χ3n) is 1.97. The molecule has 0 unspecified atom stereocenters. The quantitative estimate of drug-likeness (QED) is 0.802. The van der Waals surface area contributed by atoms with Crippen molar-refractivity contribution >= 4 is 17.6 Å². The van der Waals surface area contributed by atoms with E-state index in [1.54, 1.807) is 17.8 Å². The van der Waals surface area contributed by atoms with Gasteiger partial charge in [0, 0.05) is 5.75 Å². The van der Waals surface area contributed by atoms with Crippen molar-refractivity contribution in [1.82, 2.24) is 4.98 Å². The first kappa shape index (κ1) is 10.1. The van der Waals surface area contributed by atoms with E-state index < -0.39 is 0 Å². The van der Waals surface area contributed by atoms with Crippen LogP contribution in [0.3, 0.4) is 0 Å². The lowest BCUT2D eigenvalue weighted by molar-refractivity contribution is 1.14. The molecule has 2 aromatic rings. The number of thioether (sulfide) groups is 1. The molecule has 1 aromatic carbocycles. The number of nitrogens with two attached hydrogens (primary N) is 1. The fourth-order valence-electron chi connectivity index (χ4n) is 1.24. The number of benzene rings is 1. The molecule has 0 radical (unpaired) electrons. The summed E-state index contributed by atoms with van der Waals surface area (Å²) >= 11 is 1.70. The number of nitrogen functional groups attached to an aromatic ring is 1. The van der Waals surface area contributed by atoms with Gasteiger partial charge in [-0.15, -0.1) is 11.8 Å². The molecule has 0 fully saturated rings. The summed E-state index contributed by atoms with van der Waals surface area (Å²) in [5.41, 5.74) is 6.90. The first-order valence-corrected chi connectivity index (χ1v) is 5.72. The zero-order valence-corrected chi connectivity index (χ0v) is 9.08.